The molecule has 24 heavy (non-hydrogen) atoms. The van der Waals surface area contributed by atoms with Gasteiger partial charge in [0.2, 0.25) is 0 Å². The normalized spacial score (nSPS) is 18.8. The zero-order valence-corrected chi connectivity index (χ0v) is 15.5. The molecule has 1 aromatic heterocycles. The van der Waals surface area contributed by atoms with Crippen molar-refractivity contribution in [3.63, 3.8) is 0 Å². The molecule has 1 saturated heterocycles. The van der Waals surface area contributed by atoms with E-state index in [1.54, 1.807) is 7.05 Å². The lowest BCUT2D eigenvalue weighted by Crippen LogP contribution is -2.40. The molecule has 0 radical (unpaired) electrons. The molecule has 1 unspecified atom stereocenters. The third-order valence-corrected chi connectivity index (χ3v) is 4.04. The summed E-state index contributed by atoms with van der Waals surface area (Å²) in [6.45, 7) is 11.5. The van der Waals surface area contributed by atoms with Crippen molar-refractivity contribution in [2.45, 2.75) is 53.2 Å². The lowest BCUT2D eigenvalue weighted by molar-refractivity contribution is -0.159. The maximum Gasteiger partial charge on any atom is 0.311 e. The molecule has 0 saturated carbocycles. The number of aliphatic imine (C=N–C) groups is 1. The minimum absolute atomic E-state index is 0.109. The van der Waals surface area contributed by atoms with Gasteiger partial charge in [0, 0.05) is 32.2 Å². The van der Waals surface area contributed by atoms with Gasteiger partial charge in [0.05, 0.1) is 11.6 Å². The largest absolute Gasteiger partial charge is 0.460 e. The van der Waals surface area contributed by atoms with Crippen LogP contribution < -0.4 is 5.32 Å². The van der Waals surface area contributed by atoms with Gasteiger partial charge in [-0.1, -0.05) is 5.16 Å². The number of nitrogens with zero attached hydrogens (tertiary/aromatic N) is 3. The lowest BCUT2D eigenvalue weighted by Gasteiger charge is -2.23. The Hall–Kier alpha value is -2.05. The van der Waals surface area contributed by atoms with Gasteiger partial charge in [-0.05, 0) is 41.0 Å². The zero-order chi connectivity index (χ0) is 17.9. The van der Waals surface area contributed by atoms with E-state index in [4.69, 9.17) is 9.26 Å². The van der Waals surface area contributed by atoms with Gasteiger partial charge in [-0.15, -0.1) is 0 Å². The van der Waals surface area contributed by atoms with Crippen molar-refractivity contribution in [1.29, 1.82) is 0 Å². The van der Waals surface area contributed by atoms with Crippen molar-refractivity contribution in [1.82, 2.24) is 15.4 Å². The zero-order valence-electron chi connectivity index (χ0n) is 15.5. The molecule has 134 valence electrons. The Morgan fingerprint density at radius 2 is 2.17 bits per heavy atom. The van der Waals surface area contributed by atoms with Crippen LogP contribution in [0.25, 0.3) is 0 Å². The summed E-state index contributed by atoms with van der Waals surface area (Å²) in [5.41, 5.74) is 1.47. The summed E-state index contributed by atoms with van der Waals surface area (Å²) in [4.78, 5) is 18.6. The Bertz CT molecular complexity index is 596. The van der Waals surface area contributed by atoms with E-state index in [-0.39, 0.29) is 11.9 Å². The van der Waals surface area contributed by atoms with E-state index in [1.807, 2.05) is 34.6 Å². The SMILES string of the molecule is CN=C(NCc1c(C)noc1C)N1CCC(C(=O)OC(C)(C)C)C1. The molecular formula is C17H28N4O3. The number of ether oxygens (including phenoxy) is 1. The van der Waals surface area contributed by atoms with Crippen LogP contribution in [0.4, 0.5) is 0 Å². The van der Waals surface area contributed by atoms with E-state index in [1.165, 1.54) is 0 Å². The van der Waals surface area contributed by atoms with Crippen molar-refractivity contribution >= 4 is 11.9 Å². The highest BCUT2D eigenvalue weighted by atomic mass is 16.6. The fourth-order valence-electron chi connectivity index (χ4n) is 2.78. The summed E-state index contributed by atoms with van der Waals surface area (Å²) < 4.78 is 10.7. The lowest BCUT2D eigenvalue weighted by atomic mass is 10.1. The first-order chi connectivity index (χ1) is 11.2. The number of aryl methyl sites for hydroxylation is 2. The van der Waals surface area contributed by atoms with E-state index in [0.29, 0.717) is 13.1 Å². The van der Waals surface area contributed by atoms with Crippen LogP contribution in [0, 0.1) is 19.8 Å². The highest BCUT2D eigenvalue weighted by Gasteiger charge is 2.33. The standard InChI is InChI=1S/C17H28N4O3/c1-11-14(12(2)24-20-11)9-19-16(18-6)21-8-7-13(10-21)15(22)23-17(3,4)5/h13H,7-10H2,1-6H3,(H,18,19). The second-order valence-electron chi connectivity index (χ2n) is 7.17. The summed E-state index contributed by atoms with van der Waals surface area (Å²) >= 11 is 0. The van der Waals surface area contributed by atoms with Crippen LogP contribution in [0.5, 0.6) is 0 Å². The van der Waals surface area contributed by atoms with Gasteiger partial charge in [0.1, 0.15) is 11.4 Å². The summed E-state index contributed by atoms with van der Waals surface area (Å²) in [5, 5.41) is 7.28. The Labute approximate surface area is 143 Å². The van der Waals surface area contributed by atoms with Gasteiger partial charge in [-0.2, -0.15) is 0 Å². The number of likely N-dealkylation sites (tertiary alicyclic amines) is 1. The molecule has 1 fully saturated rings. The number of aromatic nitrogens is 1. The molecule has 0 aromatic carbocycles. The van der Waals surface area contributed by atoms with Gasteiger partial charge >= 0.3 is 5.97 Å². The van der Waals surface area contributed by atoms with Crippen LogP contribution >= 0.6 is 0 Å². The van der Waals surface area contributed by atoms with E-state index >= 15 is 0 Å². The third kappa shape index (κ3) is 4.49. The topological polar surface area (TPSA) is 80.0 Å². The number of nitrogens with one attached hydrogen (secondary N) is 1. The minimum atomic E-state index is -0.451. The van der Waals surface area contributed by atoms with Gasteiger partial charge in [0.25, 0.3) is 0 Å². The number of esters is 1. The van der Waals surface area contributed by atoms with Crippen molar-refractivity contribution < 1.29 is 14.1 Å². The maximum atomic E-state index is 12.2. The van der Waals surface area contributed by atoms with Crippen molar-refractivity contribution in [3.8, 4) is 0 Å². The smallest absolute Gasteiger partial charge is 0.311 e. The predicted octanol–water partition coefficient (Wildman–Crippen LogP) is 2.03. The van der Waals surface area contributed by atoms with Crippen molar-refractivity contribution in [2.24, 2.45) is 10.9 Å². The Morgan fingerprint density at radius 1 is 1.46 bits per heavy atom. The highest BCUT2D eigenvalue weighted by Crippen LogP contribution is 2.21. The first-order valence-corrected chi connectivity index (χ1v) is 8.31. The molecule has 0 aliphatic carbocycles. The summed E-state index contributed by atoms with van der Waals surface area (Å²) in [5.74, 6) is 1.34. The van der Waals surface area contributed by atoms with Crippen LogP contribution in [-0.4, -0.2) is 47.7 Å². The molecule has 2 rings (SSSR count). The summed E-state index contributed by atoms with van der Waals surface area (Å²) in [6.07, 6.45) is 0.779. The average molecular weight is 336 g/mol. The first-order valence-electron chi connectivity index (χ1n) is 8.31. The maximum absolute atomic E-state index is 12.2. The van der Waals surface area contributed by atoms with E-state index in [9.17, 15) is 4.79 Å². The predicted molar refractivity (Wildman–Crippen MR) is 91.7 cm³/mol. The molecule has 1 aromatic rings. The third-order valence-electron chi connectivity index (χ3n) is 4.04. The summed E-state index contributed by atoms with van der Waals surface area (Å²) in [6, 6.07) is 0. The van der Waals surface area contributed by atoms with E-state index < -0.39 is 5.60 Å². The number of carbonyl (C=O) groups excluding carboxylic acids is 1. The number of hydrogen-bond acceptors (Lipinski definition) is 5. The molecule has 2 heterocycles. The highest BCUT2D eigenvalue weighted by molar-refractivity contribution is 5.82. The van der Waals surface area contributed by atoms with E-state index in [0.717, 1.165) is 35.9 Å². The fraction of sp³-hybridized carbons (Fsp3) is 0.706. The van der Waals surface area contributed by atoms with Gasteiger partial charge < -0.3 is 19.5 Å². The molecule has 1 aliphatic heterocycles. The summed E-state index contributed by atoms with van der Waals surface area (Å²) in [7, 11) is 1.75. The number of carbonyl (C=O) groups is 1. The van der Waals surface area contributed by atoms with Gasteiger partial charge in [0.15, 0.2) is 5.96 Å². The molecule has 0 bridgehead atoms. The molecule has 1 atom stereocenters. The molecule has 1 N–H and O–H groups in total. The minimum Gasteiger partial charge on any atom is -0.460 e. The molecule has 0 spiro atoms. The monoisotopic (exact) mass is 336 g/mol. The molecule has 7 heteroatoms. The second kappa shape index (κ2) is 7.23. The molecule has 7 nitrogen and oxygen atoms in total. The second-order valence-corrected chi connectivity index (χ2v) is 7.17. The Kier molecular flexibility index (Phi) is 5.51. The van der Waals surface area contributed by atoms with Crippen LogP contribution in [0.2, 0.25) is 0 Å². The van der Waals surface area contributed by atoms with Crippen molar-refractivity contribution in [2.75, 3.05) is 20.1 Å². The molecule has 1 aliphatic rings. The first kappa shape index (κ1) is 18.3. The van der Waals surface area contributed by atoms with Gasteiger partial charge in [-0.3, -0.25) is 9.79 Å². The van der Waals surface area contributed by atoms with Crippen LogP contribution in [0.15, 0.2) is 9.52 Å². The average Bonchev–Trinajstić information content (AvgIpc) is 3.08. The number of rotatable bonds is 3. The van der Waals surface area contributed by atoms with Gasteiger partial charge in [-0.25, -0.2) is 0 Å². The Balaban J connectivity index is 1.92. The van der Waals surface area contributed by atoms with Crippen LogP contribution in [0.1, 0.15) is 44.2 Å². The van der Waals surface area contributed by atoms with Crippen LogP contribution in [-0.2, 0) is 16.1 Å². The quantitative estimate of drug-likeness (QED) is 0.517. The fourth-order valence-corrected chi connectivity index (χ4v) is 2.78. The Morgan fingerprint density at radius 3 is 2.71 bits per heavy atom. The molecule has 0 amide bonds. The van der Waals surface area contributed by atoms with Crippen LogP contribution in [0.3, 0.4) is 0 Å². The van der Waals surface area contributed by atoms with Crippen molar-refractivity contribution in [3.05, 3.63) is 17.0 Å². The van der Waals surface area contributed by atoms with E-state index in [2.05, 4.69) is 20.4 Å². The molecular weight excluding hydrogens is 308 g/mol. The number of guanidine groups is 1. The number of hydrogen-bond donors (Lipinski definition) is 1.